The molecule has 0 spiro atoms. The Bertz CT molecular complexity index is 181. The van der Waals surface area contributed by atoms with Gasteiger partial charge in [0, 0.05) is 11.6 Å². The second-order valence-electron chi connectivity index (χ2n) is 1.35. The molecule has 0 amide bonds. The minimum Gasteiger partial charge on any atom is -1.00 e. The average molecular weight is 270 g/mol. The van der Waals surface area contributed by atoms with Crippen LogP contribution < -0.4 is 37.2 Å². The van der Waals surface area contributed by atoms with Crippen LogP contribution in [0.5, 0.6) is 0 Å². The zero-order chi connectivity index (χ0) is 5.98. The van der Waals surface area contributed by atoms with E-state index in [2.05, 4.69) is 6.07 Å². The third-order valence-corrected chi connectivity index (χ3v) is 0.728. The van der Waals surface area contributed by atoms with Gasteiger partial charge < -0.3 is 37.2 Å². The summed E-state index contributed by atoms with van der Waals surface area (Å²) in [6.07, 6.45) is 0. The third-order valence-electron chi connectivity index (χ3n) is 0.728. The molecular weight excluding hydrogens is 267 g/mol. The first-order valence-electron chi connectivity index (χ1n) is 2.12. The first kappa shape index (κ1) is 22.9. The van der Waals surface area contributed by atoms with E-state index >= 15 is 0 Å². The van der Waals surface area contributed by atoms with Crippen LogP contribution in [0.4, 0.5) is 8.78 Å². The van der Waals surface area contributed by atoms with Crippen LogP contribution in [0.25, 0.3) is 0 Å². The van der Waals surface area contributed by atoms with Crippen molar-refractivity contribution in [2.24, 2.45) is 0 Å². The Hall–Kier alpha value is 0.534. The summed E-state index contributed by atoms with van der Waals surface area (Å²) in [6, 6.07) is 5.28. The Morgan fingerprint density at radius 1 is 1.08 bits per heavy atom. The Morgan fingerprint density at radius 3 is 1.83 bits per heavy atom. The minimum atomic E-state index is -0.662. The Labute approximate surface area is 100 Å². The van der Waals surface area contributed by atoms with Gasteiger partial charge in [-0.3, -0.25) is 0 Å². The number of halogens is 5. The molecule has 67 valence electrons. The van der Waals surface area contributed by atoms with Crippen molar-refractivity contribution in [3.63, 3.8) is 0 Å². The topological polar surface area (TPSA) is 0 Å². The zero-order valence-corrected chi connectivity index (χ0v) is 9.23. The van der Waals surface area contributed by atoms with Gasteiger partial charge in [-0.05, 0) is 0 Å². The van der Waals surface area contributed by atoms with E-state index in [4.69, 9.17) is 0 Å². The molecule has 0 N–H and O–H groups in total. The second kappa shape index (κ2) is 11.5. The van der Waals surface area contributed by atoms with Crippen molar-refractivity contribution in [3.8, 4) is 0 Å². The standard InChI is InChI=1S/C6H3F2.3ClH.V/c7-5-2-1-3-6(8)4-5;;;;/h1-2,4H;3*1H;/q-1;;;;+4/p-3. The van der Waals surface area contributed by atoms with E-state index < -0.39 is 11.6 Å². The molecule has 0 bridgehead atoms. The van der Waals surface area contributed by atoms with Crippen molar-refractivity contribution in [2.45, 2.75) is 0 Å². The number of hydrogen-bond donors (Lipinski definition) is 0. The molecule has 0 unspecified atom stereocenters. The molecule has 0 aliphatic carbocycles. The second-order valence-corrected chi connectivity index (χ2v) is 1.35. The molecular formula is C6H3Cl3F2V. The van der Waals surface area contributed by atoms with Gasteiger partial charge in [0.2, 0.25) is 0 Å². The van der Waals surface area contributed by atoms with Crippen LogP contribution in [0, 0.1) is 17.7 Å². The summed E-state index contributed by atoms with van der Waals surface area (Å²) < 4.78 is 23.8. The summed E-state index contributed by atoms with van der Waals surface area (Å²) in [5, 5.41) is 0. The largest absolute Gasteiger partial charge is 4.00 e. The van der Waals surface area contributed by atoms with E-state index in [-0.39, 0.29) is 55.8 Å². The summed E-state index contributed by atoms with van der Waals surface area (Å²) in [5.41, 5.74) is 0. The summed E-state index contributed by atoms with van der Waals surface area (Å²) in [5.74, 6) is -1.23. The van der Waals surface area contributed by atoms with Crippen LogP contribution in [0.2, 0.25) is 0 Å². The summed E-state index contributed by atoms with van der Waals surface area (Å²) in [7, 11) is 0. The van der Waals surface area contributed by atoms with Gasteiger partial charge in [-0.1, -0.05) is 0 Å². The molecule has 0 atom stereocenters. The monoisotopic (exact) mass is 269 g/mol. The number of benzene rings is 1. The van der Waals surface area contributed by atoms with E-state index in [1.165, 1.54) is 6.07 Å². The fourth-order valence-electron chi connectivity index (χ4n) is 0.412. The van der Waals surface area contributed by atoms with Crippen LogP contribution in [-0.2, 0) is 18.6 Å². The molecule has 1 radical (unpaired) electrons. The summed E-state index contributed by atoms with van der Waals surface area (Å²) in [6.45, 7) is 0. The Morgan fingerprint density at radius 2 is 1.58 bits per heavy atom. The number of rotatable bonds is 0. The van der Waals surface area contributed by atoms with Gasteiger partial charge in [-0.25, -0.2) is 8.78 Å². The van der Waals surface area contributed by atoms with Crippen LogP contribution in [0.3, 0.4) is 0 Å². The fourth-order valence-corrected chi connectivity index (χ4v) is 0.412. The molecule has 1 rings (SSSR count). The van der Waals surface area contributed by atoms with Crippen molar-refractivity contribution < 1.29 is 64.6 Å². The van der Waals surface area contributed by atoms with Crippen molar-refractivity contribution in [1.82, 2.24) is 0 Å². The SMILES string of the molecule is Fc1[c-]ccc(F)c1.[Cl-].[Cl-].[Cl-].[V+4]. The maximum Gasteiger partial charge on any atom is 4.00 e. The first-order chi connectivity index (χ1) is 3.79. The molecule has 0 aromatic heterocycles. The predicted octanol–water partition coefficient (Wildman–Crippen LogP) is -7.23. The fraction of sp³-hybridized carbons (Fsp3) is 0. The van der Waals surface area contributed by atoms with Gasteiger partial charge in [-0.2, -0.15) is 6.07 Å². The molecule has 0 nitrogen and oxygen atoms in total. The molecule has 0 fully saturated rings. The van der Waals surface area contributed by atoms with Crippen molar-refractivity contribution >= 4 is 0 Å². The van der Waals surface area contributed by atoms with Crippen LogP contribution in [-0.4, -0.2) is 0 Å². The minimum absolute atomic E-state index is 0. The van der Waals surface area contributed by atoms with Crippen LogP contribution >= 0.6 is 0 Å². The number of hydrogen-bond acceptors (Lipinski definition) is 0. The van der Waals surface area contributed by atoms with Gasteiger partial charge in [0.05, 0.1) is 0 Å². The van der Waals surface area contributed by atoms with Gasteiger partial charge in [0.25, 0.3) is 0 Å². The van der Waals surface area contributed by atoms with Crippen LogP contribution in [0.1, 0.15) is 0 Å². The van der Waals surface area contributed by atoms with Crippen molar-refractivity contribution in [1.29, 1.82) is 0 Å². The average Bonchev–Trinajstić information content (AvgIpc) is 1.64. The smallest absolute Gasteiger partial charge is 1.00 e. The van der Waals surface area contributed by atoms with E-state index in [1.807, 2.05) is 0 Å². The van der Waals surface area contributed by atoms with E-state index in [1.54, 1.807) is 0 Å². The van der Waals surface area contributed by atoms with Crippen LogP contribution in [0.15, 0.2) is 18.2 Å². The van der Waals surface area contributed by atoms with Gasteiger partial charge in [0.15, 0.2) is 0 Å². The van der Waals surface area contributed by atoms with Gasteiger partial charge >= 0.3 is 18.6 Å². The molecule has 0 saturated heterocycles. The molecule has 0 heterocycles. The molecule has 0 saturated carbocycles. The van der Waals surface area contributed by atoms with Gasteiger partial charge in [0.1, 0.15) is 0 Å². The van der Waals surface area contributed by atoms with Crippen molar-refractivity contribution in [3.05, 3.63) is 35.9 Å². The Kier molecular flexibility index (Phi) is 22.0. The molecule has 0 aliphatic rings. The first-order valence-corrected chi connectivity index (χ1v) is 2.12. The van der Waals surface area contributed by atoms with E-state index in [9.17, 15) is 8.78 Å². The zero-order valence-electron chi connectivity index (χ0n) is 5.57. The molecule has 0 aliphatic heterocycles. The Balaban J connectivity index is -0.0000000800. The quantitative estimate of drug-likeness (QED) is 0.411. The maximum absolute atomic E-state index is 11.9. The van der Waals surface area contributed by atoms with E-state index in [0.29, 0.717) is 0 Å². The normalized spacial score (nSPS) is 6.17. The third kappa shape index (κ3) is 8.63. The molecule has 1 aromatic carbocycles. The molecule has 6 heteroatoms. The van der Waals surface area contributed by atoms with E-state index in [0.717, 1.165) is 12.1 Å². The van der Waals surface area contributed by atoms with Crippen molar-refractivity contribution in [2.75, 3.05) is 0 Å². The maximum atomic E-state index is 11.9. The molecule has 12 heavy (non-hydrogen) atoms. The predicted molar refractivity (Wildman–Crippen MR) is 25.2 cm³/mol. The van der Waals surface area contributed by atoms with Gasteiger partial charge in [-0.15, -0.1) is 18.2 Å². The summed E-state index contributed by atoms with van der Waals surface area (Å²) in [4.78, 5) is 0. The molecule has 1 aromatic rings. The summed E-state index contributed by atoms with van der Waals surface area (Å²) >= 11 is 0.